The number of hydrogen-bond acceptors (Lipinski definition) is 5. The van der Waals surface area contributed by atoms with Gasteiger partial charge in [0.1, 0.15) is 5.02 Å². The third kappa shape index (κ3) is 3.53. The van der Waals surface area contributed by atoms with Crippen LogP contribution in [0.5, 0.6) is 0 Å². The number of nitro groups is 1. The van der Waals surface area contributed by atoms with Crippen LogP contribution in [0.1, 0.15) is 26.3 Å². The molecule has 0 fully saturated rings. The molecule has 0 unspecified atom stereocenters. The second-order valence-electron chi connectivity index (χ2n) is 6.67. The van der Waals surface area contributed by atoms with Gasteiger partial charge in [-0.05, 0) is 23.1 Å². The van der Waals surface area contributed by atoms with Crippen LogP contribution in [-0.4, -0.2) is 15.1 Å². The van der Waals surface area contributed by atoms with Crippen LogP contribution < -0.4 is 0 Å². The van der Waals surface area contributed by atoms with Gasteiger partial charge in [-0.2, -0.15) is 4.98 Å². The number of benzene rings is 2. The third-order valence-electron chi connectivity index (χ3n) is 3.82. The number of nitrogens with zero attached hydrogens (tertiary/aromatic N) is 3. The molecule has 0 amide bonds. The highest BCUT2D eigenvalue weighted by Crippen LogP contribution is 2.31. The average Bonchev–Trinajstić information content (AvgIpc) is 3.04. The molecule has 2 aromatic carbocycles. The van der Waals surface area contributed by atoms with Gasteiger partial charge in [0.15, 0.2) is 0 Å². The lowest BCUT2D eigenvalue weighted by Gasteiger charge is -2.18. The summed E-state index contributed by atoms with van der Waals surface area (Å²) in [6.07, 6.45) is 0. The van der Waals surface area contributed by atoms with Gasteiger partial charge in [-0.1, -0.05) is 61.8 Å². The molecule has 25 heavy (non-hydrogen) atoms. The van der Waals surface area contributed by atoms with Crippen LogP contribution in [0.3, 0.4) is 0 Å². The van der Waals surface area contributed by atoms with E-state index in [9.17, 15) is 10.1 Å². The summed E-state index contributed by atoms with van der Waals surface area (Å²) >= 11 is 5.82. The maximum absolute atomic E-state index is 11.0. The van der Waals surface area contributed by atoms with Crippen molar-refractivity contribution in [3.05, 3.63) is 63.2 Å². The first-order chi connectivity index (χ1) is 11.8. The number of rotatable bonds is 3. The maximum Gasteiger partial charge on any atom is 0.288 e. The van der Waals surface area contributed by atoms with E-state index in [0.717, 1.165) is 5.56 Å². The number of halogens is 1. The summed E-state index contributed by atoms with van der Waals surface area (Å²) < 4.78 is 5.25. The van der Waals surface area contributed by atoms with E-state index in [1.807, 2.05) is 24.3 Å². The van der Waals surface area contributed by atoms with Crippen molar-refractivity contribution in [2.75, 3.05) is 0 Å². The standard InChI is InChI=1S/C18H16ClN3O3/c1-18(2,3)13-7-4-11(5-8-13)16-20-17(25-21-16)12-6-9-14(19)15(10-12)22(23)24/h4-10H,1-3H3. The topological polar surface area (TPSA) is 82.1 Å². The summed E-state index contributed by atoms with van der Waals surface area (Å²) in [6.45, 7) is 6.42. The lowest BCUT2D eigenvalue weighted by molar-refractivity contribution is -0.384. The molecule has 6 nitrogen and oxygen atoms in total. The van der Waals surface area contributed by atoms with Gasteiger partial charge >= 0.3 is 0 Å². The summed E-state index contributed by atoms with van der Waals surface area (Å²) in [6, 6.07) is 12.3. The minimum absolute atomic E-state index is 0.0587. The first kappa shape index (κ1) is 17.1. The Hall–Kier alpha value is -2.73. The number of nitro benzene ring substituents is 1. The fourth-order valence-corrected chi connectivity index (χ4v) is 2.55. The van der Waals surface area contributed by atoms with Crippen LogP contribution >= 0.6 is 11.6 Å². The van der Waals surface area contributed by atoms with Gasteiger partial charge in [-0.15, -0.1) is 0 Å². The van der Waals surface area contributed by atoms with E-state index in [2.05, 4.69) is 30.9 Å². The van der Waals surface area contributed by atoms with Gasteiger partial charge in [0, 0.05) is 17.2 Å². The highest BCUT2D eigenvalue weighted by molar-refractivity contribution is 6.32. The molecule has 0 saturated carbocycles. The zero-order chi connectivity index (χ0) is 18.2. The Morgan fingerprint density at radius 1 is 1.08 bits per heavy atom. The minimum atomic E-state index is -0.547. The van der Waals surface area contributed by atoms with Gasteiger partial charge in [0.2, 0.25) is 5.82 Å². The Labute approximate surface area is 149 Å². The fraction of sp³-hybridized carbons (Fsp3) is 0.222. The molecule has 3 aromatic rings. The van der Waals surface area contributed by atoms with E-state index < -0.39 is 4.92 Å². The number of hydrogen-bond donors (Lipinski definition) is 0. The molecule has 1 aromatic heterocycles. The van der Waals surface area contributed by atoms with Crippen molar-refractivity contribution in [3.63, 3.8) is 0 Å². The summed E-state index contributed by atoms with van der Waals surface area (Å²) in [7, 11) is 0. The Bertz CT molecular complexity index is 927. The monoisotopic (exact) mass is 357 g/mol. The Morgan fingerprint density at radius 3 is 2.32 bits per heavy atom. The second kappa shape index (κ2) is 6.29. The van der Waals surface area contributed by atoms with Gasteiger partial charge in [0.05, 0.1) is 4.92 Å². The second-order valence-corrected chi connectivity index (χ2v) is 7.08. The van der Waals surface area contributed by atoms with Gasteiger partial charge in [-0.25, -0.2) is 0 Å². The molecule has 0 N–H and O–H groups in total. The molecule has 0 spiro atoms. The van der Waals surface area contributed by atoms with Crippen LogP contribution in [0, 0.1) is 10.1 Å². The molecule has 0 aliphatic rings. The molecule has 0 aliphatic heterocycles. The highest BCUT2D eigenvalue weighted by Gasteiger charge is 2.18. The van der Waals surface area contributed by atoms with Crippen molar-refractivity contribution in [2.45, 2.75) is 26.2 Å². The van der Waals surface area contributed by atoms with Crippen LogP contribution in [-0.2, 0) is 5.41 Å². The first-order valence-electron chi connectivity index (χ1n) is 7.64. The lowest BCUT2D eigenvalue weighted by Crippen LogP contribution is -2.10. The molecule has 1 heterocycles. The fourth-order valence-electron chi connectivity index (χ4n) is 2.36. The first-order valence-corrected chi connectivity index (χ1v) is 8.02. The molecule has 0 aliphatic carbocycles. The largest absolute Gasteiger partial charge is 0.334 e. The van der Waals surface area contributed by atoms with E-state index in [4.69, 9.17) is 16.1 Å². The molecule has 7 heteroatoms. The van der Waals surface area contributed by atoms with Crippen molar-refractivity contribution >= 4 is 17.3 Å². The number of aromatic nitrogens is 2. The van der Waals surface area contributed by atoms with Crippen molar-refractivity contribution < 1.29 is 9.45 Å². The summed E-state index contributed by atoms with van der Waals surface area (Å²) in [4.78, 5) is 14.8. The van der Waals surface area contributed by atoms with Crippen LogP contribution in [0.2, 0.25) is 5.02 Å². The van der Waals surface area contributed by atoms with Crippen molar-refractivity contribution in [1.82, 2.24) is 10.1 Å². The van der Waals surface area contributed by atoms with Crippen molar-refractivity contribution in [2.24, 2.45) is 0 Å². The Kier molecular flexibility index (Phi) is 4.30. The normalized spacial score (nSPS) is 11.5. The third-order valence-corrected chi connectivity index (χ3v) is 4.14. The van der Waals surface area contributed by atoms with Gasteiger partial charge in [-0.3, -0.25) is 10.1 Å². The molecular formula is C18H16ClN3O3. The average molecular weight is 358 g/mol. The summed E-state index contributed by atoms with van der Waals surface area (Å²) in [5, 5.41) is 15.0. The summed E-state index contributed by atoms with van der Waals surface area (Å²) in [5.74, 6) is 0.628. The highest BCUT2D eigenvalue weighted by atomic mass is 35.5. The van der Waals surface area contributed by atoms with Crippen LogP contribution in [0.15, 0.2) is 47.0 Å². The lowest BCUT2D eigenvalue weighted by atomic mass is 9.87. The SMILES string of the molecule is CC(C)(C)c1ccc(-c2noc(-c3ccc(Cl)c([N+](=O)[O-])c3)n2)cc1. The molecule has 0 bridgehead atoms. The smallest absolute Gasteiger partial charge is 0.288 e. The van der Waals surface area contributed by atoms with Crippen molar-refractivity contribution in [3.8, 4) is 22.8 Å². The van der Waals surface area contributed by atoms with E-state index in [0.29, 0.717) is 11.4 Å². The molecule has 0 atom stereocenters. The van der Waals surface area contributed by atoms with Crippen molar-refractivity contribution in [1.29, 1.82) is 0 Å². The van der Waals surface area contributed by atoms with Gasteiger partial charge in [0.25, 0.3) is 11.6 Å². The van der Waals surface area contributed by atoms with E-state index >= 15 is 0 Å². The van der Waals surface area contributed by atoms with Crippen LogP contribution in [0.4, 0.5) is 5.69 Å². The van der Waals surface area contributed by atoms with Gasteiger partial charge < -0.3 is 4.52 Å². The zero-order valence-electron chi connectivity index (χ0n) is 14.0. The quantitative estimate of drug-likeness (QED) is 0.471. The molecule has 0 radical (unpaired) electrons. The summed E-state index contributed by atoms with van der Waals surface area (Å²) in [5.41, 5.74) is 2.32. The molecular weight excluding hydrogens is 342 g/mol. The predicted molar refractivity (Wildman–Crippen MR) is 95.5 cm³/mol. The molecule has 3 rings (SSSR count). The Morgan fingerprint density at radius 2 is 1.72 bits per heavy atom. The predicted octanol–water partition coefficient (Wildman–Crippen LogP) is 5.26. The van der Waals surface area contributed by atoms with E-state index in [-0.39, 0.29) is 22.0 Å². The molecule has 128 valence electrons. The zero-order valence-corrected chi connectivity index (χ0v) is 14.7. The minimum Gasteiger partial charge on any atom is -0.334 e. The maximum atomic E-state index is 11.0. The van der Waals surface area contributed by atoms with Crippen LogP contribution in [0.25, 0.3) is 22.8 Å². The van der Waals surface area contributed by atoms with E-state index in [1.54, 1.807) is 6.07 Å². The van der Waals surface area contributed by atoms with E-state index in [1.165, 1.54) is 17.7 Å². The molecule has 0 saturated heterocycles. The Balaban J connectivity index is 1.93.